The summed E-state index contributed by atoms with van der Waals surface area (Å²) in [7, 11) is -3.67. The van der Waals surface area contributed by atoms with Gasteiger partial charge in [0, 0.05) is 5.69 Å². The third kappa shape index (κ3) is 4.26. The monoisotopic (exact) mass is 485 g/mol. The van der Waals surface area contributed by atoms with Crippen molar-refractivity contribution in [2.24, 2.45) is 0 Å². The van der Waals surface area contributed by atoms with Crippen molar-refractivity contribution < 1.29 is 31.8 Å². The summed E-state index contributed by atoms with van der Waals surface area (Å²) in [6.45, 7) is 1.81. The number of benzene rings is 2. The minimum absolute atomic E-state index is 0.0220. The van der Waals surface area contributed by atoms with E-state index in [4.69, 9.17) is 4.74 Å². The largest absolute Gasteiger partial charge is 0.490 e. The molecule has 0 unspecified atom stereocenters. The maximum atomic E-state index is 12.9. The van der Waals surface area contributed by atoms with Crippen molar-refractivity contribution in [2.75, 3.05) is 22.8 Å². The van der Waals surface area contributed by atoms with E-state index in [1.807, 2.05) is 0 Å². The van der Waals surface area contributed by atoms with Crippen molar-refractivity contribution in [1.82, 2.24) is 4.98 Å². The van der Waals surface area contributed by atoms with Crippen LogP contribution in [0, 0.1) is 6.92 Å². The van der Waals surface area contributed by atoms with E-state index >= 15 is 0 Å². The van der Waals surface area contributed by atoms with Gasteiger partial charge in [-0.15, -0.1) is 11.3 Å². The fraction of sp³-hybridized carbons (Fsp3) is 0.200. The smallest absolute Gasteiger partial charge is 0.416 e. The van der Waals surface area contributed by atoms with Gasteiger partial charge in [0.05, 0.1) is 29.0 Å². The number of amides is 1. The summed E-state index contributed by atoms with van der Waals surface area (Å²) in [5.41, 5.74) is 1.78. The molecule has 1 aliphatic heterocycles. The number of carbonyl (C=O) groups excluding carboxylic acids is 1. The fourth-order valence-electron chi connectivity index (χ4n) is 3.20. The maximum absolute atomic E-state index is 12.9. The van der Waals surface area contributed by atoms with Crippen molar-refractivity contribution >= 4 is 39.4 Å². The number of thiazole rings is 1. The molecule has 1 amide bonds. The zero-order chi connectivity index (χ0) is 23.1. The van der Waals surface area contributed by atoms with Gasteiger partial charge in [-0.05, 0) is 49.4 Å². The van der Waals surface area contributed by atoms with Crippen LogP contribution in [0.4, 0.5) is 24.5 Å². The van der Waals surface area contributed by atoms with Crippen LogP contribution >= 0.6 is 22.1 Å². The number of carbonyl (C=O) groups is 1. The average molecular weight is 486 g/mol. The number of hydrogen-bond acceptors (Lipinski definition) is 7. The van der Waals surface area contributed by atoms with E-state index in [1.54, 1.807) is 18.5 Å². The van der Waals surface area contributed by atoms with Gasteiger partial charge in [0.15, 0.2) is 0 Å². The number of aryl methyl sites for hydroxylation is 1. The summed E-state index contributed by atoms with van der Waals surface area (Å²) in [6, 6.07) is 8.59. The minimum atomic E-state index is -4.50. The van der Waals surface area contributed by atoms with Crippen LogP contribution in [-0.4, -0.2) is 33.1 Å². The van der Waals surface area contributed by atoms with Crippen LogP contribution in [0.5, 0.6) is 5.75 Å². The highest BCUT2D eigenvalue weighted by molar-refractivity contribution is 8.25. The molecule has 7 nitrogen and oxygen atoms in total. The molecule has 32 heavy (non-hydrogen) atoms. The number of aromatic nitrogens is 1. The molecule has 0 bridgehead atoms. The second kappa shape index (κ2) is 8.28. The average Bonchev–Trinajstić information content (AvgIpc) is 3.12. The second-order valence-electron chi connectivity index (χ2n) is 6.90. The fourth-order valence-corrected chi connectivity index (χ4v) is 5.57. The molecule has 0 atom stereocenters. The van der Waals surface area contributed by atoms with Crippen LogP contribution in [0.3, 0.4) is 0 Å². The molecule has 0 radical (unpaired) electrons. The first kappa shape index (κ1) is 22.4. The summed E-state index contributed by atoms with van der Waals surface area (Å²) < 4.78 is 67.6. The first-order chi connectivity index (χ1) is 15.1. The Morgan fingerprint density at radius 3 is 2.56 bits per heavy atom. The number of anilines is 2. The predicted molar refractivity (Wildman–Crippen MR) is 117 cm³/mol. The van der Waals surface area contributed by atoms with E-state index in [0.717, 1.165) is 12.1 Å². The molecule has 0 fully saturated rings. The Morgan fingerprint density at radius 2 is 1.94 bits per heavy atom. The highest BCUT2D eigenvalue weighted by atomic mass is 32.3. The molecule has 3 N–H and O–H groups in total. The molecule has 3 aromatic rings. The number of hydrogen-bond donors (Lipinski definition) is 3. The van der Waals surface area contributed by atoms with Crippen LogP contribution < -0.4 is 14.4 Å². The van der Waals surface area contributed by atoms with Crippen molar-refractivity contribution in [3.63, 3.8) is 0 Å². The van der Waals surface area contributed by atoms with Crippen molar-refractivity contribution in [3.05, 3.63) is 64.1 Å². The Balaban J connectivity index is 1.65. The van der Waals surface area contributed by atoms with Crippen LogP contribution in [-0.2, 0) is 6.18 Å². The van der Waals surface area contributed by atoms with Gasteiger partial charge in [-0.2, -0.15) is 13.2 Å². The van der Waals surface area contributed by atoms with Gasteiger partial charge in [0.25, 0.3) is 5.91 Å². The Hall–Kier alpha value is -2.80. The number of fused-ring (bicyclic) bond motifs is 1. The molecule has 0 aliphatic carbocycles. The van der Waals surface area contributed by atoms with Gasteiger partial charge in [0.2, 0.25) is 0 Å². The van der Waals surface area contributed by atoms with Crippen molar-refractivity contribution in [1.29, 1.82) is 0 Å². The van der Waals surface area contributed by atoms with Crippen LogP contribution in [0.15, 0.2) is 52.9 Å². The summed E-state index contributed by atoms with van der Waals surface area (Å²) in [6.07, 6.45) is -4.50. The third-order valence-electron chi connectivity index (χ3n) is 4.79. The first-order valence-electron chi connectivity index (χ1n) is 9.29. The standard InChI is InChI=1S/C20H18F3N3O4S2/c1-12-18(31-11-24-12)19(27)25-14-4-7-16-17(10-14)32(28,29)26(8-9-30-16)15-5-2-13(3-6-15)20(21,22)23/h2-7,10-11,28-29H,8-9H2,1H3,(H,25,27). The number of rotatable bonds is 3. The van der Waals surface area contributed by atoms with Gasteiger partial charge < -0.3 is 10.1 Å². The normalized spacial score (nSPS) is 16.5. The number of alkyl halides is 3. The van der Waals surface area contributed by atoms with Gasteiger partial charge >= 0.3 is 6.18 Å². The lowest BCUT2D eigenvalue weighted by Crippen LogP contribution is -2.29. The molecule has 2 heterocycles. The van der Waals surface area contributed by atoms with E-state index in [9.17, 15) is 27.1 Å². The minimum Gasteiger partial charge on any atom is -0.490 e. The van der Waals surface area contributed by atoms with E-state index < -0.39 is 28.4 Å². The summed E-state index contributed by atoms with van der Waals surface area (Å²) in [5.74, 6) is -0.179. The highest BCUT2D eigenvalue weighted by Crippen LogP contribution is 2.58. The quantitative estimate of drug-likeness (QED) is 0.444. The Kier molecular flexibility index (Phi) is 5.79. The van der Waals surface area contributed by atoms with Crippen LogP contribution in [0.25, 0.3) is 0 Å². The first-order valence-corrected chi connectivity index (χ1v) is 11.7. The molecule has 0 spiro atoms. The predicted octanol–water partition coefficient (Wildman–Crippen LogP) is 5.65. The molecule has 2 aromatic carbocycles. The van der Waals surface area contributed by atoms with Crippen molar-refractivity contribution in [2.45, 2.75) is 18.0 Å². The van der Waals surface area contributed by atoms with Crippen LogP contribution in [0.2, 0.25) is 0 Å². The molecule has 1 aromatic heterocycles. The van der Waals surface area contributed by atoms with E-state index in [0.29, 0.717) is 16.3 Å². The Morgan fingerprint density at radius 1 is 1.22 bits per heavy atom. The van der Waals surface area contributed by atoms with Gasteiger partial charge in [0.1, 0.15) is 22.1 Å². The SMILES string of the molecule is Cc1ncsc1C(=O)Nc1ccc2c(c1)S(O)(O)N(c1ccc(C(F)(F)F)cc1)CCO2. The van der Waals surface area contributed by atoms with Gasteiger partial charge in [-0.1, -0.05) is 10.8 Å². The van der Waals surface area contributed by atoms with E-state index in [-0.39, 0.29) is 29.5 Å². The lowest BCUT2D eigenvalue weighted by Gasteiger charge is -2.42. The van der Waals surface area contributed by atoms with Crippen LogP contribution in [0.1, 0.15) is 20.9 Å². The van der Waals surface area contributed by atoms with E-state index in [2.05, 4.69) is 10.3 Å². The maximum Gasteiger partial charge on any atom is 0.416 e. The molecule has 0 saturated heterocycles. The lowest BCUT2D eigenvalue weighted by atomic mass is 10.2. The molecule has 1 aliphatic rings. The highest BCUT2D eigenvalue weighted by Gasteiger charge is 2.34. The number of nitrogens with zero attached hydrogens (tertiary/aromatic N) is 2. The Labute approximate surface area is 187 Å². The third-order valence-corrected chi connectivity index (χ3v) is 7.63. The molecular weight excluding hydrogens is 467 g/mol. The molecular formula is C20H18F3N3O4S2. The molecule has 4 rings (SSSR count). The van der Waals surface area contributed by atoms with E-state index in [1.165, 1.54) is 39.9 Å². The number of ether oxygens (including phenoxy) is 1. The van der Waals surface area contributed by atoms with Gasteiger partial charge in [-0.3, -0.25) is 18.2 Å². The number of nitrogens with one attached hydrogen (secondary N) is 1. The molecule has 12 heteroatoms. The zero-order valence-corrected chi connectivity index (χ0v) is 18.2. The number of halogens is 3. The molecule has 170 valence electrons. The Bertz CT molecular complexity index is 1150. The molecule has 0 saturated carbocycles. The summed E-state index contributed by atoms with van der Waals surface area (Å²) in [4.78, 5) is 17.0. The summed E-state index contributed by atoms with van der Waals surface area (Å²) >= 11 is 1.18. The van der Waals surface area contributed by atoms with Crippen molar-refractivity contribution in [3.8, 4) is 5.75 Å². The topological polar surface area (TPSA) is 94.9 Å². The lowest BCUT2D eigenvalue weighted by molar-refractivity contribution is -0.137. The zero-order valence-electron chi connectivity index (χ0n) is 16.6. The summed E-state index contributed by atoms with van der Waals surface area (Å²) in [5, 5.41) is 2.70. The second-order valence-corrected chi connectivity index (χ2v) is 9.67. The van der Waals surface area contributed by atoms with Gasteiger partial charge in [-0.25, -0.2) is 4.98 Å².